The maximum absolute atomic E-state index is 12.7. The van der Waals surface area contributed by atoms with Crippen molar-refractivity contribution < 1.29 is 37.9 Å². The zero-order valence-electron chi connectivity index (χ0n) is 15.0. The largest absolute Gasteiger partial charge is 0.524 e. The molecule has 0 unspecified atom stereocenters. The molecule has 0 bridgehead atoms. The summed E-state index contributed by atoms with van der Waals surface area (Å²) in [5, 5.41) is 2.61. The number of methoxy groups -OCH3 is 2. The van der Waals surface area contributed by atoms with Gasteiger partial charge in [-0.15, -0.1) is 0 Å². The van der Waals surface area contributed by atoms with Gasteiger partial charge in [0.25, 0.3) is 5.91 Å². The van der Waals surface area contributed by atoms with Crippen molar-refractivity contribution >= 4 is 19.4 Å². The molecule has 0 saturated carbocycles. The van der Waals surface area contributed by atoms with Gasteiger partial charge in [0.1, 0.15) is 22.8 Å². The van der Waals surface area contributed by atoms with Gasteiger partial charge in [-0.25, -0.2) is 4.57 Å². The first kappa shape index (κ1) is 20.6. The lowest BCUT2D eigenvalue weighted by molar-refractivity contribution is 0.102. The van der Waals surface area contributed by atoms with Gasteiger partial charge in [-0.3, -0.25) is 14.6 Å². The van der Waals surface area contributed by atoms with Crippen LogP contribution in [0.2, 0.25) is 0 Å². The van der Waals surface area contributed by atoms with E-state index in [0.29, 0.717) is 18.0 Å². The van der Waals surface area contributed by atoms with Crippen LogP contribution in [0.3, 0.4) is 0 Å². The smallest absolute Gasteiger partial charge is 0.497 e. The lowest BCUT2D eigenvalue weighted by Gasteiger charge is -2.17. The van der Waals surface area contributed by atoms with Gasteiger partial charge in [-0.2, -0.15) is 0 Å². The molecular weight excluding hydrogens is 377 g/mol. The molecule has 146 valence electrons. The number of carbonyl (C=O) groups is 1. The van der Waals surface area contributed by atoms with E-state index in [1.54, 1.807) is 31.2 Å². The summed E-state index contributed by atoms with van der Waals surface area (Å²) in [6.07, 6.45) is 0. The van der Waals surface area contributed by atoms with E-state index in [0.717, 1.165) is 0 Å². The minimum Gasteiger partial charge on any atom is -0.497 e. The zero-order chi connectivity index (χ0) is 20.0. The van der Waals surface area contributed by atoms with Gasteiger partial charge in [0.05, 0.1) is 20.8 Å². The second-order valence-electron chi connectivity index (χ2n) is 5.20. The number of benzene rings is 2. The van der Waals surface area contributed by atoms with Crippen molar-refractivity contribution in [2.75, 3.05) is 26.1 Å². The van der Waals surface area contributed by atoms with Crippen LogP contribution >= 0.6 is 7.82 Å². The summed E-state index contributed by atoms with van der Waals surface area (Å²) in [6, 6.07) is 9.17. The Labute approximate surface area is 156 Å². The minimum atomic E-state index is -4.92. The summed E-state index contributed by atoms with van der Waals surface area (Å²) >= 11 is 0. The molecule has 0 aliphatic carbocycles. The third-order valence-electron chi connectivity index (χ3n) is 3.36. The van der Waals surface area contributed by atoms with Crippen molar-refractivity contribution in [2.45, 2.75) is 6.92 Å². The van der Waals surface area contributed by atoms with Crippen LogP contribution in [0, 0.1) is 0 Å². The van der Waals surface area contributed by atoms with Gasteiger partial charge < -0.3 is 24.1 Å². The predicted molar refractivity (Wildman–Crippen MR) is 97.8 cm³/mol. The van der Waals surface area contributed by atoms with Crippen LogP contribution < -0.4 is 24.1 Å². The first-order valence-electron chi connectivity index (χ1n) is 7.82. The molecular formula is C17H20NO8P. The van der Waals surface area contributed by atoms with E-state index in [2.05, 4.69) is 9.84 Å². The highest BCUT2D eigenvalue weighted by atomic mass is 31.2. The number of amides is 1. The van der Waals surface area contributed by atoms with Gasteiger partial charge in [0.15, 0.2) is 5.75 Å². The summed E-state index contributed by atoms with van der Waals surface area (Å²) < 4.78 is 31.6. The number of anilines is 1. The van der Waals surface area contributed by atoms with Crippen molar-refractivity contribution in [1.82, 2.24) is 0 Å². The quantitative estimate of drug-likeness (QED) is 0.581. The molecule has 0 aliphatic heterocycles. The van der Waals surface area contributed by atoms with Gasteiger partial charge in [0.2, 0.25) is 0 Å². The van der Waals surface area contributed by atoms with Gasteiger partial charge in [0, 0.05) is 17.8 Å². The normalized spacial score (nSPS) is 10.9. The third-order valence-corrected chi connectivity index (χ3v) is 3.80. The highest BCUT2D eigenvalue weighted by molar-refractivity contribution is 7.46. The fourth-order valence-corrected chi connectivity index (χ4v) is 2.67. The first-order valence-corrected chi connectivity index (χ1v) is 9.35. The molecule has 0 saturated heterocycles. The number of ether oxygens (including phenoxy) is 3. The lowest BCUT2D eigenvalue weighted by Crippen LogP contribution is -2.15. The number of phosphoric ester groups is 1. The van der Waals surface area contributed by atoms with Crippen LogP contribution in [0.25, 0.3) is 0 Å². The van der Waals surface area contributed by atoms with Crippen LogP contribution in [0.5, 0.6) is 23.0 Å². The summed E-state index contributed by atoms with van der Waals surface area (Å²) in [4.78, 5) is 31.1. The number of hydrogen-bond acceptors (Lipinski definition) is 6. The Morgan fingerprint density at radius 1 is 1.04 bits per heavy atom. The fraction of sp³-hybridized carbons (Fsp3) is 0.235. The molecule has 0 spiro atoms. The van der Waals surface area contributed by atoms with E-state index in [-0.39, 0.29) is 22.8 Å². The van der Waals surface area contributed by atoms with Crippen molar-refractivity contribution in [3.05, 3.63) is 42.0 Å². The number of hydrogen-bond donors (Lipinski definition) is 3. The number of phosphoric acid groups is 1. The van der Waals surface area contributed by atoms with Crippen molar-refractivity contribution in [1.29, 1.82) is 0 Å². The Bertz CT molecular complexity index is 847. The molecule has 0 aromatic heterocycles. The monoisotopic (exact) mass is 397 g/mol. The topological polar surface area (TPSA) is 124 Å². The molecule has 3 N–H and O–H groups in total. The standard InChI is InChI=1S/C17H20NO8P/c1-4-25-13-9-14(24-3)16(15(10-13)26-27(20,21)22)17(19)18-11-5-7-12(23-2)8-6-11/h5-10H,4H2,1-3H3,(H,18,19)(H2,20,21,22). The van der Waals surface area contributed by atoms with Crippen molar-refractivity contribution in [2.24, 2.45) is 0 Å². The molecule has 1 amide bonds. The Morgan fingerprint density at radius 3 is 2.19 bits per heavy atom. The highest BCUT2D eigenvalue weighted by Gasteiger charge is 2.26. The first-order chi connectivity index (χ1) is 12.8. The molecule has 0 radical (unpaired) electrons. The Hall–Kier alpha value is -2.74. The summed E-state index contributed by atoms with van der Waals surface area (Å²) in [7, 11) is -2.09. The van der Waals surface area contributed by atoms with Gasteiger partial charge >= 0.3 is 7.82 Å². The van der Waals surface area contributed by atoms with E-state index in [1.807, 2.05) is 0 Å². The van der Waals surface area contributed by atoms with E-state index >= 15 is 0 Å². The van der Waals surface area contributed by atoms with Crippen LogP contribution in [-0.2, 0) is 4.57 Å². The van der Waals surface area contributed by atoms with Crippen molar-refractivity contribution in [3.8, 4) is 23.0 Å². The average molecular weight is 397 g/mol. The summed E-state index contributed by atoms with van der Waals surface area (Å²) in [6.45, 7) is 2.04. The molecule has 0 fully saturated rings. The summed E-state index contributed by atoms with van der Waals surface area (Å²) in [5.41, 5.74) is 0.263. The highest BCUT2D eigenvalue weighted by Crippen LogP contribution is 2.43. The van der Waals surface area contributed by atoms with Gasteiger partial charge in [-0.05, 0) is 31.2 Å². The molecule has 0 heterocycles. The third kappa shape index (κ3) is 5.62. The van der Waals surface area contributed by atoms with Crippen LogP contribution in [0.15, 0.2) is 36.4 Å². The molecule has 9 nitrogen and oxygen atoms in total. The number of nitrogens with one attached hydrogen (secondary N) is 1. The van der Waals surface area contributed by atoms with Gasteiger partial charge in [-0.1, -0.05) is 0 Å². The molecule has 10 heteroatoms. The van der Waals surface area contributed by atoms with E-state index in [1.165, 1.54) is 26.4 Å². The van der Waals surface area contributed by atoms with Crippen LogP contribution in [-0.4, -0.2) is 36.5 Å². The second-order valence-corrected chi connectivity index (χ2v) is 6.36. The maximum Gasteiger partial charge on any atom is 0.524 e. The summed E-state index contributed by atoms with van der Waals surface area (Å²) in [5.74, 6) is -0.160. The molecule has 0 atom stereocenters. The lowest BCUT2D eigenvalue weighted by atomic mass is 10.1. The molecule has 2 aromatic rings. The fourth-order valence-electron chi connectivity index (χ4n) is 2.27. The zero-order valence-corrected chi connectivity index (χ0v) is 15.9. The average Bonchev–Trinajstić information content (AvgIpc) is 2.60. The predicted octanol–water partition coefficient (Wildman–Crippen LogP) is 2.83. The molecule has 2 aromatic carbocycles. The molecule has 2 rings (SSSR count). The Balaban J connectivity index is 2.44. The minimum absolute atomic E-state index is 0.0374. The SMILES string of the molecule is CCOc1cc(OC)c(C(=O)Nc2ccc(OC)cc2)c(OP(=O)(O)O)c1. The van der Waals surface area contributed by atoms with E-state index in [9.17, 15) is 19.1 Å². The van der Waals surface area contributed by atoms with Crippen LogP contribution in [0.4, 0.5) is 5.69 Å². The number of carbonyl (C=O) groups excluding carboxylic acids is 1. The second kappa shape index (κ2) is 8.77. The molecule has 27 heavy (non-hydrogen) atoms. The molecule has 0 aliphatic rings. The maximum atomic E-state index is 12.7. The van der Waals surface area contributed by atoms with Crippen molar-refractivity contribution in [3.63, 3.8) is 0 Å². The Morgan fingerprint density at radius 2 is 1.67 bits per heavy atom. The Kier molecular flexibility index (Phi) is 6.68. The van der Waals surface area contributed by atoms with E-state index in [4.69, 9.17) is 14.2 Å². The van der Waals surface area contributed by atoms with E-state index < -0.39 is 13.7 Å². The number of rotatable bonds is 8. The van der Waals surface area contributed by atoms with Crippen LogP contribution in [0.1, 0.15) is 17.3 Å².